The molecule has 0 atom stereocenters. The molecule has 232 valence electrons. The van der Waals surface area contributed by atoms with Gasteiger partial charge in [-0.05, 0) is 49.4 Å². The average Bonchev–Trinajstić information content (AvgIpc) is 3.07. The fourth-order valence-electron chi connectivity index (χ4n) is 7.48. The molecule has 1 saturated carbocycles. The fraction of sp³-hybridized carbons (Fsp3) is 0.515. The van der Waals surface area contributed by atoms with Crippen molar-refractivity contribution in [3.63, 3.8) is 0 Å². The van der Waals surface area contributed by atoms with Crippen LogP contribution >= 0.6 is 0 Å². The summed E-state index contributed by atoms with van der Waals surface area (Å²) in [6, 6.07) is 11.7. The number of H-pyrrole nitrogens is 1. The number of hydrogen-bond donors (Lipinski definition) is 2. The van der Waals surface area contributed by atoms with Crippen molar-refractivity contribution in [2.45, 2.75) is 37.7 Å². The molecular weight excluding hydrogens is 563 g/mol. The van der Waals surface area contributed by atoms with Gasteiger partial charge in [-0.1, -0.05) is 24.3 Å². The molecule has 2 amide bonds. The molecule has 44 heavy (non-hydrogen) atoms. The number of carbonyl (C=O) groups excluding carboxylic acids is 2. The molecule has 1 aromatic heterocycles. The molecule has 5 aliphatic rings. The van der Waals surface area contributed by atoms with Gasteiger partial charge < -0.3 is 19.9 Å². The number of piperazine rings is 2. The number of carbonyl (C=O) groups is 2. The predicted octanol–water partition coefficient (Wildman–Crippen LogP) is 2.17. The Balaban J connectivity index is 0.976. The molecule has 10 nitrogen and oxygen atoms in total. The normalized spacial score (nSPS) is 25.8. The van der Waals surface area contributed by atoms with E-state index >= 15 is 0 Å². The molecule has 11 heteroatoms. The summed E-state index contributed by atoms with van der Waals surface area (Å²) >= 11 is 0. The Bertz CT molecular complexity index is 1600. The molecule has 2 bridgehead atoms. The Hall–Kier alpha value is -3.67. The third-order valence-corrected chi connectivity index (χ3v) is 10.2. The summed E-state index contributed by atoms with van der Waals surface area (Å²) in [5, 5.41) is 11.4. The van der Waals surface area contributed by atoms with Crippen LogP contribution in [0.2, 0.25) is 0 Å². The zero-order valence-electron chi connectivity index (χ0n) is 24.9. The zero-order chi connectivity index (χ0) is 30.3. The van der Waals surface area contributed by atoms with Crippen LogP contribution in [0.4, 0.5) is 4.39 Å². The van der Waals surface area contributed by atoms with E-state index in [4.69, 9.17) is 4.74 Å². The minimum atomic E-state index is -0.582. The fourth-order valence-corrected chi connectivity index (χ4v) is 7.48. The SMILES string of the molecule is O=C(c1cc(Cc2n[nH]c(=O)c3ccccc23)ccc1F)N1CCN(C(=O)C23CCC(CN4CCNCC4)(CC2)OC3)CC1. The van der Waals surface area contributed by atoms with Gasteiger partial charge in [0.05, 0.1) is 34.3 Å². The molecule has 0 unspecified atom stereocenters. The van der Waals surface area contributed by atoms with E-state index < -0.39 is 11.2 Å². The Labute approximate surface area is 255 Å². The Kier molecular flexibility index (Phi) is 7.72. The predicted molar refractivity (Wildman–Crippen MR) is 163 cm³/mol. The van der Waals surface area contributed by atoms with Gasteiger partial charge in [0, 0.05) is 70.7 Å². The highest BCUT2D eigenvalue weighted by molar-refractivity contribution is 5.95. The zero-order valence-corrected chi connectivity index (χ0v) is 24.9. The first-order valence-electron chi connectivity index (χ1n) is 15.8. The number of amides is 2. The lowest BCUT2D eigenvalue weighted by Gasteiger charge is -2.55. The Morgan fingerprint density at radius 1 is 0.909 bits per heavy atom. The van der Waals surface area contributed by atoms with Gasteiger partial charge in [-0.25, -0.2) is 9.49 Å². The molecule has 8 rings (SSSR count). The van der Waals surface area contributed by atoms with Crippen molar-refractivity contribution < 1.29 is 18.7 Å². The van der Waals surface area contributed by atoms with Crippen LogP contribution in [-0.4, -0.2) is 108 Å². The molecule has 1 aliphatic carbocycles. The van der Waals surface area contributed by atoms with Crippen LogP contribution in [0.25, 0.3) is 10.8 Å². The van der Waals surface area contributed by atoms with Crippen LogP contribution in [0.1, 0.15) is 47.3 Å². The van der Waals surface area contributed by atoms with Crippen molar-refractivity contribution in [2.24, 2.45) is 5.41 Å². The highest BCUT2D eigenvalue weighted by Gasteiger charge is 2.55. The number of hydrogen-bond acceptors (Lipinski definition) is 7. The van der Waals surface area contributed by atoms with E-state index in [1.807, 2.05) is 17.0 Å². The van der Waals surface area contributed by atoms with Crippen LogP contribution in [0.15, 0.2) is 47.3 Å². The summed E-state index contributed by atoms with van der Waals surface area (Å²) in [5.74, 6) is -0.833. The van der Waals surface area contributed by atoms with Crippen LogP contribution in [0.3, 0.4) is 0 Å². The molecule has 5 fully saturated rings. The van der Waals surface area contributed by atoms with E-state index in [-0.39, 0.29) is 28.5 Å². The van der Waals surface area contributed by atoms with Gasteiger partial charge in [-0.2, -0.15) is 5.10 Å². The molecule has 2 aromatic carbocycles. The standard InChI is InChI=1S/C33H39FN6O4/c34-27-6-5-23(20-28-24-3-1-2-4-25(24)29(41)37-36-28)19-26(27)30(42)39-15-17-40(18-16-39)31(43)32-7-9-33(10-8-32,44-22-32)21-38-13-11-35-12-14-38/h1-6,19,35H,7-18,20-22H2,(H,37,41). The van der Waals surface area contributed by atoms with Gasteiger partial charge in [0.2, 0.25) is 5.91 Å². The first-order valence-corrected chi connectivity index (χ1v) is 15.8. The second kappa shape index (κ2) is 11.7. The first-order chi connectivity index (χ1) is 21.3. The molecule has 3 aromatic rings. The minimum Gasteiger partial charge on any atom is -0.373 e. The van der Waals surface area contributed by atoms with E-state index in [1.54, 1.807) is 29.2 Å². The van der Waals surface area contributed by atoms with Gasteiger partial charge in [-0.3, -0.25) is 19.3 Å². The number of aromatic amines is 1. The average molecular weight is 603 g/mol. The topological polar surface area (TPSA) is 111 Å². The molecule has 0 spiro atoms. The smallest absolute Gasteiger partial charge is 0.272 e. The summed E-state index contributed by atoms with van der Waals surface area (Å²) in [5.41, 5.74) is 0.488. The highest BCUT2D eigenvalue weighted by Crippen LogP contribution is 2.50. The monoisotopic (exact) mass is 602 g/mol. The number of fused-ring (bicyclic) bond motifs is 4. The molecule has 4 saturated heterocycles. The highest BCUT2D eigenvalue weighted by atomic mass is 19.1. The summed E-state index contributed by atoms with van der Waals surface area (Å²) < 4.78 is 21.4. The van der Waals surface area contributed by atoms with Gasteiger partial charge in [0.15, 0.2) is 0 Å². The van der Waals surface area contributed by atoms with Crippen molar-refractivity contribution in [1.82, 2.24) is 30.2 Å². The van der Waals surface area contributed by atoms with Crippen molar-refractivity contribution in [3.05, 3.63) is 75.5 Å². The summed E-state index contributed by atoms with van der Waals surface area (Å²) in [7, 11) is 0. The van der Waals surface area contributed by atoms with E-state index in [9.17, 15) is 18.8 Å². The minimum absolute atomic E-state index is 0.00314. The number of nitrogens with zero attached hydrogens (tertiary/aromatic N) is 4. The second-order valence-electron chi connectivity index (χ2n) is 12.9. The van der Waals surface area contributed by atoms with Crippen LogP contribution < -0.4 is 10.9 Å². The second-order valence-corrected chi connectivity index (χ2v) is 12.9. The van der Waals surface area contributed by atoms with E-state index in [0.717, 1.165) is 69.4 Å². The molecular formula is C33H39FN6O4. The van der Waals surface area contributed by atoms with Gasteiger partial charge in [-0.15, -0.1) is 0 Å². The van der Waals surface area contributed by atoms with E-state index in [1.165, 1.54) is 6.07 Å². The quantitative estimate of drug-likeness (QED) is 0.445. The molecule has 5 heterocycles. The van der Waals surface area contributed by atoms with Gasteiger partial charge >= 0.3 is 0 Å². The maximum absolute atomic E-state index is 15.0. The summed E-state index contributed by atoms with van der Waals surface area (Å²) in [6.07, 6.45) is 3.83. The van der Waals surface area contributed by atoms with Crippen LogP contribution in [-0.2, 0) is 16.0 Å². The molecule has 4 aliphatic heterocycles. The Morgan fingerprint density at radius 3 is 2.32 bits per heavy atom. The van der Waals surface area contributed by atoms with Gasteiger partial charge in [0.1, 0.15) is 5.82 Å². The van der Waals surface area contributed by atoms with E-state index in [2.05, 4.69) is 20.4 Å². The number of aromatic nitrogens is 2. The Morgan fingerprint density at radius 2 is 1.61 bits per heavy atom. The van der Waals surface area contributed by atoms with Crippen molar-refractivity contribution in [1.29, 1.82) is 0 Å². The largest absolute Gasteiger partial charge is 0.373 e. The molecule has 2 N–H and O–H groups in total. The number of halogens is 1. The summed E-state index contributed by atoms with van der Waals surface area (Å²) in [6.45, 7) is 7.05. The summed E-state index contributed by atoms with van der Waals surface area (Å²) in [4.78, 5) is 45.4. The van der Waals surface area contributed by atoms with Gasteiger partial charge in [0.25, 0.3) is 11.5 Å². The third-order valence-electron chi connectivity index (χ3n) is 10.2. The van der Waals surface area contributed by atoms with E-state index in [0.29, 0.717) is 50.3 Å². The lowest BCUT2D eigenvalue weighted by atomic mass is 9.65. The van der Waals surface area contributed by atoms with Crippen molar-refractivity contribution >= 4 is 22.6 Å². The van der Waals surface area contributed by atoms with Crippen molar-refractivity contribution in [2.75, 3.05) is 65.5 Å². The maximum atomic E-state index is 15.0. The number of nitrogens with one attached hydrogen (secondary N) is 2. The third kappa shape index (κ3) is 5.41. The lowest BCUT2D eigenvalue weighted by molar-refractivity contribution is -0.202. The van der Waals surface area contributed by atoms with Crippen LogP contribution in [0, 0.1) is 11.2 Å². The van der Waals surface area contributed by atoms with Crippen molar-refractivity contribution in [3.8, 4) is 0 Å². The number of ether oxygens (including phenoxy) is 1. The van der Waals surface area contributed by atoms with Crippen LogP contribution in [0.5, 0.6) is 0 Å². The lowest BCUT2D eigenvalue weighted by Crippen LogP contribution is -2.63. The first kappa shape index (κ1) is 29.1. The molecule has 0 radical (unpaired) electrons. The number of benzene rings is 2. The number of rotatable bonds is 6. The maximum Gasteiger partial charge on any atom is 0.272 e.